The number of tetrazole rings is 1. The topological polar surface area (TPSA) is 56.7 Å². The maximum atomic E-state index is 5.41. The van der Waals surface area contributed by atoms with E-state index in [-0.39, 0.29) is 0 Å². The van der Waals surface area contributed by atoms with Crippen LogP contribution < -0.4 is 0 Å². The fourth-order valence-electron chi connectivity index (χ4n) is 1.73. The van der Waals surface area contributed by atoms with Crippen LogP contribution in [0.1, 0.15) is 5.56 Å². The largest absolute Gasteiger partial charge is 0.464 e. The van der Waals surface area contributed by atoms with Crippen LogP contribution in [0, 0.1) is 6.92 Å². The van der Waals surface area contributed by atoms with Gasteiger partial charge in [0.15, 0.2) is 0 Å². The van der Waals surface area contributed by atoms with Crippen LogP contribution in [0.15, 0.2) is 47.3 Å². The van der Waals surface area contributed by atoms with Crippen LogP contribution >= 0.6 is 0 Å². The van der Waals surface area contributed by atoms with E-state index in [0.717, 1.165) is 22.6 Å². The summed E-state index contributed by atoms with van der Waals surface area (Å²) in [5, 5.41) is 11.1. The van der Waals surface area contributed by atoms with Crippen molar-refractivity contribution in [3.8, 4) is 17.0 Å². The van der Waals surface area contributed by atoms with Gasteiger partial charge in [0.25, 0.3) is 0 Å². The molecule has 3 aromatic rings. The Labute approximate surface area is 97.7 Å². The summed E-state index contributed by atoms with van der Waals surface area (Å²) in [6.45, 7) is 2.04. The van der Waals surface area contributed by atoms with Crippen LogP contribution in [0.4, 0.5) is 0 Å². The van der Waals surface area contributed by atoms with E-state index in [0.29, 0.717) is 0 Å². The second-order valence-corrected chi connectivity index (χ2v) is 3.73. The molecule has 0 N–H and O–H groups in total. The van der Waals surface area contributed by atoms with Gasteiger partial charge in [-0.3, -0.25) is 0 Å². The molecule has 1 aromatic carbocycles. The molecule has 3 rings (SSSR count). The third-order valence-corrected chi connectivity index (χ3v) is 2.62. The van der Waals surface area contributed by atoms with Gasteiger partial charge in [0.05, 0.1) is 12.0 Å². The Morgan fingerprint density at radius 1 is 1.24 bits per heavy atom. The standard InChI is InChI=1S/C12H10N4O/c1-9-4-5-10(16-8-13-14-15-16)7-11(9)12-3-2-6-17-12/h2-8H,1H3. The molecule has 0 fully saturated rings. The minimum Gasteiger partial charge on any atom is -0.464 e. The number of benzene rings is 1. The lowest BCUT2D eigenvalue weighted by Crippen LogP contribution is -1.96. The Morgan fingerprint density at radius 2 is 2.18 bits per heavy atom. The zero-order valence-corrected chi connectivity index (χ0v) is 9.24. The number of nitrogens with zero attached hydrogens (tertiary/aromatic N) is 4. The highest BCUT2D eigenvalue weighted by Gasteiger charge is 2.07. The molecule has 0 saturated carbocycles. The number of furan rings is 1. The van der Waals surface area contributed by atoms with Crippen molar-refractivity contribution in [3.63, 3.8) is 0 Å². The van der Waals surface area contributed by atoms with Crippen LogP contribution in [0.2, 0.25) is 0 Å². The normalized spacial score (nSPS) is 10.6. The monoisotopic (exact) mass is 226 g/mol. The average Bonchev–Trinajstić information content (AvgIpc) is 3.03. The minimum atomic E-state index is 0.845. The van der Waals surface area contributed by atoms with Gasteiger partial charge in [-0.2, -0.15) is 0 Å². The molecule has 17 heavy (non-hydrogen) atoms. The minimum absolute atomic E-state index is 0.845. The van der Waals surface area contributed by atoms with Crippen molar-refractivity contribution >= 4 is 0 Å². The lowest BCUT2D eigenvalue weighted by molar-refractivity contribution is 0.582. The van der Waals surface area contributed by atoms with E-state index in [1.54, 1.807) is 17.3 Å². The summed E-state index contributed by atoms with van der Waals surface area (Å²) < 4.78 is 7.03. The lowest BCUT2D eigenvalue weighted by Gasteiger charge is -2.05. The Morgan fingerprint density at radius 3 is 2.88 bits per heavy atom. The molecule has 0 saturated heterocycles. The summed E-state index contributed by atoms with van der Waals surface area (Å²) in [5.74, 6) is 0.845. The van der Waals surface area contributed by atoms with Gasteiger partial charge in [-0.05, 0) is 47.2 Å². The summed E-state index contributed by atoms with van der Waals surface area (Å²) in [6, 6.07) is 9.81. The van der Waals surface area contributed by atoms with Crippen molar-refractivity contribution in [1.82, 2.24) is 20.2 Å². The fraction of sp³-hybridized carbons (Fsp3) is 0.0833. The van der Waals surface area contributed by atoms with Crippen molar-refractivity contribution < 1.29 is 4.42 Å². The first-order chi connectivity index (χ1) is 8.34. The molecule has 2 heterocycles. The highest BCUT2D eigenvalue weighted by Crippen LogP contribution is 2.25. The molecule has 0 radical (unpaired) electrons. The second kappa shape index (κ2) is 3.86. The molecule has 5 heteroatoms. The molecule has 0 bridgehead atoms. The predicted molar refractivity (Wildman–Crippen MR) is 61.6 cm³/mol. The highest BCUT2D eigenvalue weighted by atomic mass is 16.3. The lowest BCUT2D eigenvalue weighted by atomic mass is 10.1. The van der Waals surface area contributed by atoms with Crippen LogP contribution in [-0.2, 0) is 0 Å². The molecule has 84 valence electrons. The van der Waals surface area contributed by atoms with Gasteiger partial charge in [-0.25, -0.2) is 4.68 Å². The third kappa shape index (κ3) is 1.71. The molecule has 0 aliphatic carbocycles. The van der Waals surface area contributed by atoms with E-state index in [9.17, 15) is 0 Å². The van der Waals surface area contributed by atoms with E-state index < -0.39 is 0 Å². The molecular weight excluding hydrogens is 216 g/mol. The zero-order chi connectivity index (χ0) is 11.7. The third-order valence-electron chi connectivity index (χ3n) is 2.62. The second-order valence-electron chi connectivity index (χ2n) is 3.73. The molecule has 0 aliphatic heterocycles. The Bertz CT molecular complexity index is 614. The Kier molecular flexibility index (Phi) is 2.22. The smallest absolute Gasteiger partial charge is 0.143 e. The molecule has 0 atom stereocenters. The van der Waals surface area contributed by atoms with Gasteiger partial charge in [-0.1, -0.05) is 6.07 Å². The number of hydrogen-bond donors (Lipinski definition) is 0. The van der Waals surface area contributed by atoms with Crippen molar-refractivity contribution in [3.05, 3.63) is 48.5 Å². The van der Waals surface area contributed by atoms with E-state index in [1.165, 1.54) is 0 Å². The van der Waals surface area contributed by atoms with Crippen LogP contribution in [-0.4, -0.2) is 20.2 Å². The van der Waals surface area contributed by atoms with Crippen LogP contribution in [0.3, 0.4) is 0 Å². The fourth-order valence-corrected chi connectivity index (χ4v) is 1.73. The molecule has 0 spiro atoms. The van der Waals surface area contributed by atoms with E-state index in [2.05, 4.69) is 15.5 Å². The number of hydrogen-bond acceptors (Lipinski definition) is 4. The summed E-state index contributed by atoms with van der Waals surface area (Å²) in [5.41, 5.74) is 3.10. The summed E-state index contributed by atoms with van der Waals surface area (Å²) >= 11 is 0. The van der Waals surface area contributed by atoms with Crippen molar-refractivity contribution in [2.75, 3.05) is 0 Å². The van der Waals surface area contributed by atoms with E-state index >= 15 is 0 Å². The van der Waals surface area contributed by atoms with Gasteiger partial charge < -0.3 is 4.42 Å². The molecule has 0 amide bonds. The predicted octanol–water partition coefficient (Wildman–Crippen LogP) is 2.23. The molecule has 0 aliphatic rings. The summed E-state index contributed by atoms with van der Waals surface area (Å²) in [4.78, 5) is 0. The quantitative estimate of drug-likeness (QED) is 0.672. The van der Waals surface area contributed by atoms with Gasteiger partial charge in [-0.15, -0.1) is 5.10 Å². The highest BCUT2D eigenvalue weighted by molar-refractivity contribution is 5.64. The first-order valence-electron chi connectivity index (χ1n) is 5.22. The number of aryl methyl sites for hydroxylation is 1. The molecular formula is C12H10N4O. The molecule has 0 unspecified atom stereocenters. The summed E-state index contributed by atoms with van der Waals surface area (Å²) in [6.07, 6.45) is 3.23. The maximum absolute atomic E-state index is 5.41. The van der Waals surface area contributed by atoms with Gasteiger partial charge in [0.1, 0.15) is 12.1 Å². The van der Waals surface area contributed by atoms with Gasteiger partial charge in [0, 0.05) is 5.56 Å². The average molecular weight is 226 g/mol. The number of aromatic nitrogens is 4. The Hall–Kier alpha value is -2.43. The maximum Gasteiger partial charge on any atom is 0.143 e. The molecule has 2 aromatic heterocycles. The Balaban J connectivity index is 2.13. The zero-order valence-electron chi connectivity index (χ0n) is 9.24. The molecule has 5 nitrogen and oxygen atoms in total. The van der Waals surface area contributed by atoms with Crippen molar-refractivity contribution in [1.29, 1.82) is 0 Å². The van der Waals surface area contributed by atoms with Gasteiger partial charge in [0.2, 0.25) is 0 Å². The van der Waals surface area contributed by atoms with Crippen molar-refractivity contribution in [2.24, 2.45) is 0 Å². The van der Waals surface area contributed by atoms with Gasteiger partial charge >= 0.3 is 0 Å². The first-order valence-corrected chi connectivity index (χ1v) is 5.22. The summed E-state index contributed by atoms with van der Waals surface area (Å²) in [7, 11) is 0. The SMILES string of the molecule is Cc1ccc(-n2cnnn2)cc1-c1ccco1. The first kappa shape index (κ1) is 9.77. The van der Waals surface area contributed by atoms with E-state index in [1.807, 2.05) is 37.3 Å². The number of rotatable bonds is 2. The van der Waals surface area contributed by atoms with E-state index in [4.69, 9.17) is 4.42 Å². The van der Waals surface area contributed by atoms with Crippen molar-refractivity contribution in [2.45, 2.75) is 6.92 Å². The van der Waals surface area contributed by atoms with Crippen LogP contribution in [0.25, 0.3) is 17.0 Å². The van der Waals surface area contributed by atoms with Crippen LogP contribution in [0.5, 0.6) is 0 Å².